The smallest absolute Gasteiger partial charge is 0.261 e. The summed E-state index contributed by atoms with van der Waals surface area (Å²) in [6.07, 6.45) is 1.43. The van der Waals surface area contributed by atoms with Gasteiger partial charge in [-0.15, -0.1) is 0 Å². The molecule has 1 amide bonds. The molecule has 5 heteroatoms. The molecule has 0 bridgehead atoms. The fraction of sp³-hybridized carbons (Fsp3) is 0.211. The Balaban J connectivity index is 1.82. The maximum absolute atomic E-state index is 12.6. The average Bonchev–Trinajstić information content (AvgIpc) is 2.63. The molecule has 1 unspecified atom stereocenters. The molecule has 0 saturated heterocycles. The van der Waals surface area contributed by atoms with Crippen molar-refractivity contribution in [1.82, 2.24) is 14.5 Å². The van der Waals surface area contributed by atoms with Gasteiger partial charge in [0.05, 0.1) is 23.3 Å². The molecule has 0 fully saturated rings. The number of aromatic nitrogens is 2. The van der Waals surface area contributed by atoms with Crippen LogP contribution in [0.2, 0.25) is 0 Å². The van der Waals surface area contributed by atoms with Gasteiger partial charge in [0.2, 0.25) is 5.91 Å². The summed E-state index contributed by atoms with van der Waals surface area (Å²) in [5.41, 5.74) is 1.49. The standard InChI is InChI=1S/C19H19N3O2/c1-14(15-8-4-3-5-9-15)21(2)18(23)12-22-13-20-17-11-7-6-10-16(17)19(22)24/h3-11,13-14H,12H2,1-2H3. The van der Waals surface area contributed by atoms with E-state index in [-0.39, 0.29) is 24.1 Å². The van der Waals surface area contributed by atoms with E-state index in [0.29, 0.717) is 10.9 Å². The predicted octanol–water partition coefficient (Wildman–Crippen LogP) is 2.62. The monoisotopic (exact) mass is 321 g/mol. The maximum atomic E-state index is 12.6. The Kier molecular flexibility index (Phi) is 4.42. The summed E-state index contributed by atoms with van der Waals surface area (Å²) in [4.78, 5) is 30.9. The number of benzene rings is 2. The van der Waals surface area contributed by atoms with Gasteiger partial charge in [-0.1, -0.05) is 42.5 Å². The molecule has 2 aromatic carbocycles. The maximum Gasteiger partial charge on any atom is 0.261 e. The van der Waals surface area contributed by atoms with Crippen LogP contribution in [0, 0.1) is 0 Å². The lowest BCUT2D eigenvalue weighted by Crippen LogP contribution is -2.35. The molecule has 0 saturated carbocycles. The van der Waals surface area contributed by atoms with Crippen molar-refractivity contribution in [3.63, 3.8) is 0 Å². The molecule has 3 aromatic rings. The van der Waals surface area contributed by atoms with Crippen LogP contribution in [0.5, 0.6) is 0 Å². The SMILES string of the molecule is CC(c1ccccc1)N(C)C(=O)Cn1cnc2ccccc2c1=O. The van der Waals surface area contributed by atoms with Gasteiger partial charge in [0, 0.05) is 7.05 Å². The first-order valence-corrected chi connectivity index (χ1v) is 7.82. The minimum atomic E-state index is -0.199. The summed E-state index contributed by atoms with van der Waals surface area (Å²) in [5, 5.41) is 0.520. The third-order valence-corrected chi connectivity index (χ3v) is 4.29. The highest BCUT2D eigenvalue weighted by Gasteiger charge is 2.18. The van der Waals surface area contributed by atoms with Crippen molar-refractivity contribution in [2.75, 3.05) is 7.05 Å². The van der Waals surface area contributed by atoms with E-state index < -0.39 is 0 Å². The number of carbonyl (C=O) groups excluding carboxylic acids is 1. The minimum absolute atomic E-state index is 0.0235. The van der Waals surface area contributed by atoms with E-state index in [1.54, 1.807) is 30.1 Å². The van der Waals surface area contributed by atoms with E-state index in [1.807, 2.05) is 43.3 Å². The molecule has 1 aromatic heterocycles. The lowest BCUT2D eigenvalue weighted by molar-refractivity contribution is -0.132. The number of hydrogen-bond acceptors (Lipinski definition) is 3. The van der Waals surface area contributed by atoms with Crippen LogP contribution in [0.15, 0.2) is 65.7 Å². The number of fused-ring (bicyclic) bond motifs is 1. The molecule has 0 N–H and O–H groups in total. The van der Waals surface area contributed by atoms with Gasteiger partial charge in [-0.25, -0.2) is 4.98 Å². The summed E-state index contributed by atoms with van der Waals surface area (Å²) < 4.78 is 1.36. The van der Waals surface area contributed by atoms with E-state index in [4.69, 9.17) is 0 Å². The largest absolute Gasteiger partial charge is 0.337 e. The predicted molar refractivity (Wildman–Crippen MR) is 93.6 cm³/mol. The lowest BCUT2D eigenvalue weighted by Gasteiger charge is -2.25. The normalized spacial score (nSPS) is 12.1. The van der Waals surface area contributed by atoms with Crippen LogP contribution < -0.4 is 5.56 Å². The Morgan fingerprint density at radius 1 is 1.12 bits per heavy atom. The Morgan fingerprint density at radius 2 is 1.79 bits per heavy atom. The van der Waals surface area contributed by atoms with Crippen LogP contribution in [-0.4, -0.2) is 27.4 Å². The van der Waals surface area contributed by atoms with E-state index in [2.05, 4.69) is 4.98 Å². The fourth-order valence-corrected chi connectivity index (χ4v) is 2.65. The van der Waals surface area contributed by atoms with Gasteiger partial charge in [-0.05, 0) is 24.6 Å². The minimum Gasteiger partial charge on any atom is -0.337 e. The van der Waals surface area contributed by atoms with Gasteiger partial charge >= 0.3 is 0 Å². The molecule has 1 atom stereocenters. The van der Waals surface area contributed by atoms with Crippen LogP contribution in [0.25, 0.3) is 10.9 Å². The number of rotatable bonds is 4. The molecule has 122 valence electrons. The average molecular weight is 321 g/mol. The van der Waals surface area contributed by atoms with Crippen molar-refractivity contribution in [3.8, 4) is 0 Å². The summed E-state index contributed by atoms with van der Waals surface area (Å²) in [6.45, 7) is 1.94. The zero-order valence-electron chi connectivity index (χ0n) is 13.7. The summed E-state index contributed by atoms with van der Waals surface area (Å²) in [7, 11) is 1.75. The second-order valence-corrected chi connectivity index (χ2v) is 5.79. The van der Waals surface area contributed by atoms with E-state index in [1.165, 1.54) is 10.9 Å². The third kappa shape index (κ3) is 3.06. The highest BCUT2D eigenvalue weighted by atomic mass is 16.2. The van der Waals surface area contributed by atoms with Crippen molar-refractivity contribution in [2.24, 2.45) is 0 Å². The molecular formula is C19H19N3O2. The highest BCUT2D eigenvalue weighted by molar-refractivity contribution is 5.79. The molecule has 24 heavy (non-hydrogen) atoms. The first-order chi connectivity index (χ1) is 11.6. The first-order valence-electron chi connectivity index (χ1n) is 7.82. The second-order valence-electron chi connectivity index (χ2n) is 5.79. The van der Waals surface area contributed by atoms with E-state index in [0.717, 1.165) is 5.56 Å². The summed E-state index contributed by atoms with van der Waals surface area (Å²) in [5.74, 6) is -0.134. The molecular weight excluding hydrogens is 302 g/mol. The Labute approximate surface area is 140 Å². The fourth-order valence-electron chi connectivity index (χ4n) is 2.65. The van der Waals surface area contributed by atoms with Crippen molar-refractivity contribution in [2.45, 2.75) is 19.5 Å². The third-order valence-electron chi connectivity index (χ3n) is 4.29. The molecule has 0 aliphatic heterocycles. The van der Waals surface area contributed by atoms with Crippen molar-refractivity contribution < 1.29 is 4.79 Å². The molecule has 0 aliphatic carbocycles. The van der Waals surface area contributed by atoms with Gasteiger partial charge in [-0.3, -0.25) is 14.2 Å². The zero-order valence-corrected chi connectivity index (χ0v) is 13.7. The van der Waals surface area contributed by atoms with Gasteiger partial charge in [0.15, 0.2) is 0 Å². The van der Waals surface area contributed by atoms with E-state index in [9.17, 15) is 9.59 Å². The number of hydrogen-bond donors (Lipinski definition) is 0. The quantitative estimate of drug-likeness (QED) is 0.742. The Bertz CT molecular complexity index is 919. The van der Waals surface area contributed by atoms with Crippen LogP contribution in [0.1, 0.15) is 18.5 Å². The van der Waals surface area contributed by atoms with Crippen molar-refractivity contribution in [1.29, 1.82) is 0 Å². The number of para-hydroxylation sites is 1. The zero-order chi connectivity index (χ0) is 17.1. The lowest BCUT2D eigenvalue weighted by atomic mass is 10.1. The molecule has 5 nitrogen and oxygen atoms in total. The molecule has 0 spiro atoms. The van der Waals surface area contributed by atoms with Crippen LogP contribution in [-0.2, 0) is 11.3 Å². The summed E-state index contributed by atoms with van der Waals surface area (Å²) >= 11 is 0. The molecule has 1 heterocycles. The van der Waals surface area contributed by atoms with Crippen molar-refractivity contribution >= 4 is 16.8 Å². The van der Waals surface area contributed by atoms with E-state index >= 15 is 0 Å². The first kappa shape index (κ1) is 15.9. The van der Waals surface area contributed by atoms with Crippen LogP contribution in [0.4, 0.5) is 0 Å². The van der Waals surface area contributed by atoms with Gasteiger partial charge in [0.1, 0.15) is 6.54 Å². The highest BCUT2D eigenvalue weighted by Crippen LogP contribution is 2.18. The van der Waals surface area contributed by atoms with Gasteiger partial charge < -0.3 is 4.90 Å². The second kappa shape index (κ2) is 6.66. The molecule has 0 radical (unpaired) electrons. The summed E-state index contributed by atoms with van der Waals surface area (Å²) in [6, 6.07) is 16.9. The Hall–Kier alpha value is -2.95. The topological polar surface area (TPSA) is 55.2 Å². The van der Waals surface area contributed by atoms with Crippen molar-refractivity contribution in [3.05, 3.63) is 76.8 Å². The van der Waals surface area contributed by atoms with Crippen LogP contribution in [0.3, 0.4) is 0 Å². The van der Waals surface area contributed by atoms with Gasteiger partial charge in [0.25, 0.3) is 5.56 Å². The molecule has 0 aliphatic rings. The Morgan fingerprint density at radius 3 is 2.54 bits per heavy atom. The van der Waals surface area contributed by atoms with Crippen LogP contribution >= 0.6 is 0 Å². The number of likely N-dealkylation sites (N-methyl/N-ethyl adjacent to an activating group) is 1. The number of carbonyl (C=O) groups is 1. The molecule has 3 rings (SSSR count). The number of amides is 1. The van der Waals surface area contributed by atoms with Gasteiger partial charge in [-0.2, -0.15) is 0 Å². The number of nitrogens with zero attached hydrogens (tertiary/aromatic N) is 3.